The molecule has 0 amide bonds. The molecule has 2 unspecified atom stereocenters. The Morgan fingerprint density at radius 3 is 2.21 bits per heavy atom. The molecular weight excluding hydrogens is 680 g/mol. The number of aliphatic hydroxyl groups is 2. The number of halogens is 3. The van der Waals surface area contributed by atoms with Gasteiger partial charge in [-0.2, -0.15) is 9.97 Å². The molecule has 1 aliphatic heterocycles. The summed E-state index contributed by atoms with van der Waals surface area (Å²) in [6, 6.07) is 0. The van der Waals surface area contributed by atoms with Crippen molar-refractivity contribution >= 4 is 82.0 Å². The van der Waals surface area contributed by atoms with E-state index in [0.717, 1.165) is 0 Å². The smallest absolute Gasteiger partial charge is 0.808 e. The number of ether oxygens (including phenoxy) is 1. The van der Waals surface area contributed by atoms with Gasteiger partial charge >= 0.3 is 118 Å². The van der Waals surface area contributed by atoms with Crippen LogP contribution in [0.2, 0.25) is 5.28 Å². The van der Waals surface area contributed by atoms with Crippen molar-refractivity contribution in [2.45, 2.75) is 28.4 Å². The fourth-order valence-electron chi connectivity index (χ4n) is 2.64. The number of alkyl halides is 2. The number of nitrogens with zero attached hydrogens (tertiary/aromatic N) is 4. The van der Waals surface area contributed by atoms with Crippen LogP contribution < -0.4 is 139 Å². The number of fused-ring (bicyclic) bond motifs is 1. The van der Waals surface area contributed by atoms with Crippen LogP contribution in [-0.4, -0.2) is 66.0 Å². The number of imidazole rings is 1. The Morgan fingerprint density at radius 2 is 1.68 bits per heavy atom. The Morgan fingerprint density at radius 1 is 1.13 bits per heavy atom. The first-order chi connectivity index (χ1) is 15.4. The van der Waals surface area contributed by atoms with Crippen molar-refractivity contribution in [1.29, 1.82) is 0 Å². The summed E-state index contributed by atoms with van der Waals surface area (Å²) in [4.78, 5) is 45.8. The van der Waals surface area contributed by atoms with Gasteiger partial charge in [0.05, 0.1) is 20.5 Å². The second-order valence-electron chi connectivity index (χ2n) is 6.35. The predicted octanol–water partition coefficient (Wildman–Crippen LogP) is -14.2. The van der Waals surface area contributed by atoms with E-state index in [2.05, 4.69) is 19.3 Å². The fraction of sp³-hybridized carbons (Fsp3) is 0.545. The number of nitrogens with two attached hydrogens (primary N) is 1. The third kappa shape index (κ3) is 9.58. The van der Waals surface area contributed by atoms with Crippen LogP contribution in [0.3, 0.4) is 0 Å². The molecule has 2 aromatic rings. The molecule has 0 bridgehead atoms. The maximum Gasteiger partial charge on any atom is 1.00 e. The standard InChI is InChI=1S/C11H17BCl3N5O11P3.4Na/c12-34(28,31-33(26,27)11(14,15)32(23,24)25)29-1-3-5(21)6(22)9(30-3)20-2-17-4-7(16)18-10(13)19-8(4)20;;;;/h2-3,5-6,9,21-22H,1H2,12H3,(H,26,27)(H2,16,18,19)(H2,23,24,25);;;;/q-1;4*+1/p-3/t3-,5-,6-,9-,34?;;;;/m1..../s1. The summed E-state index contributed by atoms with van der Waals surface area (Å²) >= 11 is 16.0. The van der Waals surface area contributed by atoms with Crippen LogP contribution in [0.1, 0.15) is 6.23 Å². The van der Waals surface area contributed by atoms with Gasteiger partial charge in [-0.25, -0.2) is 4.98 Å². The van der Waals surface area contributed by atoms with Gasteiger partial charge in [0.15, 0.2) is 32.8 Å². The van der Waals surface area contributed by atoms with Crippen molar-refractivity contribution < 1.29 is 170 Å². The van der Waals surface area contributed by atoms with Gasteiger partial charge in [0.25, 0.3) is 0 Å². The van der Waals surface area contributed by atoms with Crippen molar-refractivity contribution in [3.63, 3.8) is 0 Å². The molecule has 192 valence electrons. The largest absolute Gasteiger partial charge is 1.00 e. The van der Waals surface area contributed by atoms with E-state index in [4.69, 9.17) is 49.8 Å². The molecule has 38 heavy (non-hydrogen) atoms. The summed E-state index contributed by atoms with van der Waals surface area (Å²) in [5, 5.41) is 20.5. The zero-order chi connectivity index (χ0) is 25.9. The summed E-state index contributed by atoms with van der Waals surface area (Å²) in [5.41, 5.74) is 5.90. The monoisotopic (exact) mass is 693 g/mol. The molecule has 2 aromatic heterocycles. The van der Waals surface area contributed by atoms with E-state index in [1.54, 1.807) is 0 Å². The van der Waals surface area contributed by atoms with Crippen LogP contribution in [0.15, 0.2) is 6.33 Å². The third-order valence-corrected chi connectivity index (χ3v) is 11.4. The van der Waals surface area contributed by atoms with Gasteiger partial charge in [0.1, 0.15) is 23.8 Å². The summed E-state index contributed by atoms with van der Waals surface area (Å²) in [5.74, 6) is -0.0583. The zero-order valence-corrected chi connectivity index (χ0v) is 32.5. The van der Waals surface area contributed by atoms with Gasteiger partial charge < -0.3 is 53.6 Å². The first-order valence-corrected chi connectivity index (χ1v) is 13.6. The van der Waals surface area contributed by atoms with Crippen LogP contribution in [0, 0.1) is 0 Å². The van der Waals surface area contributed by atoms with Crippen LogP contribution in [0.25, 0.3) is 11.2 Å². The molecule has 0 spiro atoms. The summed E-state index contributed by atoms with van der Waals surface area (Å²) in [7, 11) is -18.2. The Labute approximate surface area is 319 Å². The second kappa shape index (κ2) is 16.3. The molecule has 6 atom stereocenters. The molecule has 3 rings (SSSR count). The zero-order valence-electron chi connectivity index (χ0n) is 19.5. The maximum absolute atomic E-state index is 12.5. The number of aromatic nitrogens is 4. The van der Waals surface area contributed by atoms with E-state index in [-0.39, 0.29) is 140 Å². The van der Waals surface area contributed by atoms with Gasteiger partial charge in [-0.05, 0) is 19.2 Å². The quantitative estimate of drug-likeness (QED) is 0.100. The molecule has 0 aromatic carbocycles. The van der Waals surface area contributed by atoms with Crippen molar-refractivity contribution in [1.82, 2.24) is 19.5 Å². The van der Waals surface area contributed by atoms with Crippen LogP contribution in [0.5, 0.6) is 0 Å². The minimum atomic E-state index is -6.15. The van der Waals surface area contributed by atoms with E-state index in [1.165, 1.54) is 10.9 Å². The SMILES string of the molecule is [BH3-]P(=O)(OC[C@H]1O[C@@H](n2cnc3c(N)nc(Cl)nc32)[C@H](O)[C@@H]1O)OP(=O)([O-])C(Cl)(Cl)P(=O)([O-])[O-].[Na+].[Na+].[Na+].[Na+]. The van der Waals surface area contributed by atoms with E-state index in [9.17, 15) is 38.6 Å². The van der Waals surface area contributed by atoms with Crippen molar-refractivity contribution in [2.24, 2.45) is 0 Å². The first-order valence-electron chi connectivity index (χ1n) is 8.25. The number of aliphatic hydroxyl groups excluding tert-OH is 2. The second-order valence-corrected chi connectivity index (χ2v) is 14.1. The number of rotatable bonds is 8. The fourth-order valence-corrected chi connectivity index (χ4v) is 6.45. The van der Waals surface area contributed by atoms with Crippen LogP contribution >= 0.6 is 57.5 Å². The molecule has 0 radical (unpaired) electrons. The molecule has 3 heterocycles. The summed E-state index contributed by atoms with van der Waals surface area (Å²) in [6.07, 6.45) is -4.74. The number of nitrogen functional groups attached to an aromatic ring is 1. The molecular formula is C11H14BCl3N5Na4O11P3. The molecule has 0 aliphatic carbocycles. The van der Waals surface area contributed by atoms with Gasteiger partial charge in [-0.3, -0.25) is 8.88 Å². The van der Waals surface area contributed by atoms with Crippen molar-refractivity contribution in [2.75, 3.05) is 12.3 Å². The van der Waals surface area contributed by atoms with Crippen LogP contribution in [0.4, 0.5) is 5.82 Å². The molecule has 1 saturated heterocycles. The predicted molar refractivity (Wildman–Crippen MR) is 115 cm³/mol. The molecule has 1 aliphatic rings. The first kappa shape index (κ1) is 43.8. The third-order valence-electron chi connectivity index (χ3n) is 4.21. The van der Waals surface area contributed by atoms with Crippen LogP contribution in [-0.2, 0) is 27.3 Å². The Hall–Kier alpha value is 3.65. The van der Waals surface area contributed by atoms with Gasteiger partial charge in [-0.1, -0.05) is 23.2 Å². The molecule has 1 fully saturated rings. The van der Waals surface area contributed by atoms with E-state index < -0.39 is 65.2 Å². The average Bonchev–Trinajstić information content (AvgIpc) is 3.20. The molecule has 0 saturated carbocycles. The van der Waals surface area contributed by atoms with Crippen molar-refractivity contribution in [3.8, 4) is 0 Å². The normalized spacial score (nSPS) is 24.7. The Bertz CT molecular complexity index is 1260. The minimum Gasteiger partial charge on any atom is -0.808 e. The molecule has 16 nitrogen and oxygen atoms in total. The van der Waals surface area contributed by atoms with E-state index >= 15 is 0 Å². The summed E-state index contributed by atoms with van der Waals surface area (Å²) in [6.45, 7) is -0.774. The topological polar surface area (TPSA) is 258 Å². The maximum atomic E-state index is 12.5. The average molecular weight is 694 g/mol. The van der Waals surface area contributed by atoms with E-state index in [1.807, 2.05) is 0 Å². The van der Waals surface area contributed by atoms with Gasteiger partial charge in [0.2, 0.25) is 9.10 Å². The van der Waals surface area contributed by atoms with Gasteiger partial charge in [-0.15, -0.1) is 0 Å². The van der Waals surface area contributed by atoms with Crippen molar-refractivity contribution in [3.05, 3.63) is 11.6 Å². The Balaban J connectivity index is 0. The number of anilines is 1. The summed E-state index contributed by atoms with van der Waals surface area (Å²) < 4.78 is 47.6. The number of hydrogen-bond acceptors (Lipinski definition) is 15. The van der Waals surface area contributed by atoms with Gasteiger partial charge in [0, 0.05) is 0 Å². The molecule has 27 heteroatoms. The van der Waals surface area contributed by atoms with E-state index in [0.29, 0.717) is 0 Å². The number of hydrogen-bond donors (Lipinski definition) is 3. The minimum absolute atomic E-state index is 0. The Kier molecular flexibility index (Phi) is 18.8. The molecule has 4 N–H and O–H groups in total.